The van der Waals surface area contributed by atoms with E-state index in [2.05, 4.69) is 37.2 Å². The number of rotatable bonds is 0. The molecule has 0 spiro atoms. The zero-order valence-corrected chi connectivity index (χ0v) is 10.2. The number of ether oxygens (including phenoxy) is 1. The van der Waals surface area contributed by atoms with Crippen molar-refractivity contribution in [3.63, 3.8) is 0 Å². The highest BCUT2D eigenvalue weighted by Gasteiger charge is 2.48. The summed E-state index contributed by atoms with van der Waals surface area (Å²) < 4.78 is 6.01. The minimum Gasteiger partial charge on any atom is -0.489 e. The van der Waals surface area contributed by atoms with E-state index in [1.807, 2.05) is 0 Å². The molecule has 3 nitrogen and oxygen atoms in total. The van der Waals surface area contributed by atoms with Gasteiger partial charge in [-0.3, -0.25) is 0 Å². The lowest BCUT2D eigenvalue weighted by molar-refractivity contribution is 0.144. The van der Waals surface area contributed by atoms with Crippen LogP contribution in [-0.2, 0) is 5.41 Å². The molecule has 1 saturated carbocycles. The van der Waals surface area contributed by atoms with Gasteiger partial charge in [0.05, 0.1) is 5.71 Å². The fourth-order valence-electron chi connectivity index (χ4n) is 3.02. The highest BCUT2D eigenvalue weighted by atomic mass is 16.5. The van der Waals surface area contributed by atoms with E-state index in [9.17, 15) is 0 Å². The summed E-state index contributed by atoms with van der Waals surface area (Å²) in [5, 5.41) is 12.2. The summed E-state index contributed by atoms with van der Waals surface area (Å²) >= 11 is 0. The molecule has 0 amide bonds. The maximum Gasteiger partial charge on any atom is 0.123 e. The van der Waals surface area contributed by atoms with E-state index in [1.54, 1.807) is 0 Å². The van der Waals surface area contributed by atoms with Crippen molar-refractivity contribution in [1.29, 1.82) is 0 Å². The highest BCUT2D eigenvalue weighted by molar-refractivity contribution is 5.86. The zero-order chi connectivity index (χ0) is 12.0. The van der Waals surface area contributed by atoms with Crippen LogP contribution < -0.4 is 4.74 Å². The Bertz CT molecular complexity index is 495. The molecule has 2 aliphatic rings. The number of hydrogen-bond donors (Lipinski definition) is 1. The number of benzene rings is 1. The monoisotopic (exact) mass is 231 g/mol. The molecule has 1 N–H and O–H groups in total. The van der Waals surface area contributed by atoms with E-state index >= 15 is 0 Å². The number of fused-ring (bicyclic) bond motifs is 3. The first-order chi connectivity index (χ1) is 8.13. The number of nitrogens with zero attached hydrogens (tertiary/aromatic N) is 1. The average Bonchev–Trinajstić information content (AvgIpc) is 2.61. The Morgan fingerprint density at radius 2 is 2.29 bits per heavy atom. The molecular weight excluding hydrogens is 214 g/mol. The van der Waals surface area contributed by atoms with E-state index in [4.69, 9.17) is 9.94 Å². The van der Waals surface area contributed by atoms with Crippen LogP contribution in [-0.4, -0.2) is 17.0 Å². The van der Waals surface area contributed by atoms with Gasteiger partial charge >= 0.3 is 0 Å². The Hall–Kier alpha value is -1.51. The van der Waals surface area contributed by atoms with Gasteiger partial charge in [-0.1, -0.05) is 29.8 Å². The van der Waals surface area contributed by atoms with Crippen molar-refractivity contribution >= 4 is 5.71 Å². The molecule has 0 bridgehead atoms. The van der Waals surface area contributed by atoms with Crippen LogP contribution in [0.25, 0.3) is 0 Å². The smallest absolute Gasteiger partial charge is 0.123 e. The van der Waals surface area contributed by atoms with Gasteiger partial charge in [0.2, 0.25) is 0 Å². The van der Waals surface area contributed by atoms with Crippen molar-refractivity contribution < 1.29 is 9.94 Å². The van der Waals surface area contributed by atoms with Gasteiger partial charge < -0.3 is 9.94 Å². The summed E-state index contributed by atoms with van der Waals surface area (Å²) in [5.74, 6) is 1.00. The summed E-state index contributed by atoms with van der Waals surface area (Å²) in [6, 6.07) is 6.38. The van der Waals surface area contributed by atoms with Gasteiger partial charge in [0, 0.05) is 17.4 Å². The van der Waals surface area contributed by atoms with Crippen molar-refractivity contribution in [2.45, 2.75) is 44.6 Å². The van der Waals surface area contributed by atoms with E-state index in [0.29, 0.717) is 0 Å². The normalized spacial score (nSPS) is 33.1. The van der Waals surface area contributed by atoms with E-state index in [0.717, 1.165) is 30.7 Å². The van der Waals surface area contributed by atoms with Crippen LogP contribution in [0.5, 0.6) is 5.75 Å². The highest BCUT2D eigenvalue weighted by Crippen LogP contribution is 2.49. The minimum absolute atomic E-state index is 0.0789. The molecule has 2 atom stereocenters. The van der Waals surface area contributed by atoms with Crippen LogP contribution in [0, 0.1) is 6.92 Å². The van der Waals surface area contributed by atoms with Crippen molar-refractivity contribution in [1.82, 2.24) is 0 Å². The van der Waals surface area contributed by atoms with Gasteiger partial charge in [0.15, 0.2) is 0 Å². The van der Waals surface area contributed by atoms with Gasteiger partial charge in [-0.25, -0.2) is 0 Å². The van der Waals surface area contributed by atoms with Gasteiger partial charge in [0.25, 0.3) is 0 Å². The molecule has 1 fully saturated rings. The number of oxime groups is 1. The average molecular weight is 231 g/mol. The summed E-state index contributed by atoms with van der Waals surface area (Å²) in [6.45, 7) is 4.37. The van der Waals surface area contributed by atoms with E-state index in [1.165, 1.54) is 11.1 Å². The van der Waals surface area contributed by atoms with Crippen LogP contribution in [0.15, 0.2) is 23.4 Å². The lowest BCUT2D eigenvalue weighted by atomic mass is 9.69. The SMILES string of the molecule is Cc1ccc2c(c1)[C@@]1(C)CC/C(=N/O)C[C@H]1O2. The summed E-state index contributed by atoms with van der Waals surface area (Å²) in [7, 11) is 0. The molecular formula is C14H17NO2. The molecule has 1 heterocycles. The molecule has 1 aliphatic heterocycles. The molecule has 0 saturated heterocycles. The molecule has 1 aliphatic carbocycles. The predicted molar refractivity (Wildman–Crippen MR) is 66.0 cm³/mol. The van der Waals surface area contributed by atoms with Gasteiger partial charge in [-0.2, -0.15) is 0 Å². The molecule has 17 heavy (non-hydrogen) atoms. The van der Waals surface area contributed by atoms with Crippen LogP contribution in [0.4, 0.5) is 0 Å². The molecule has 3 heteroatoms. The molecule has 0 radical (unpaired) electrons. The van der Waals surface area contributed by atoms with E-state index < -0.39 is 0 Å². The minimum atomic E-state index is 0.0789. The van der Waals surface area contributed by atoms with Crippen molar-refractivity contribution in [3.05, 3.63) is 29.3 Å². The van der Waals surface area contributed by atoms with Crippen molar-refractivity contribution in [2.24, 2.45) is 5.16 Å². The summed E-state index contributed by atoms with van der Waals surface area (Å²) in [5.41, 5.74) is 3.53. The first kappa shape index (κ1) is 10.6. The van der Waals surface area contributed by atoms with Gasteiger partial charge in [-0.05, 0) is 25.8 Å². The summed E-state index contributed by atoms with van der Waals surface area (Å²) in [6.07, 6.45) is 2.72. The molecule has 0 unspecified atom stereocenters. The van der Waals surface area contributed by atoms with Crippen molar-refractivity contribution in [2.75, 3.05) is 0 Å². The maximum atomic E-state index is 8.89. The second kappa shape index (κ2) is 3.49. The molecule has 1 aromatic rings. The second-order valence-corrected chi connectivity index (χ2v) is 5.39. The molecule has 1 aromatic carbocycles. The van der Waals surface area contributed by atoms with Crippen LogP contribution >= 0.6 is 0 Å². The third-order valence-corrected chi connectivity index (χ3v) is 4.23. The Balaban J connectivity index is 2.03. The Morgan fingerprint density at radius 1 is 1.47 bits per heavy atom. The predicted octanol–water partition coefficient (Wildman–Crippen LogP) is 3.03. The van der Waals surface area contributed by atoms with Crippen LogP contribution in [0.2, 0.25) is 0 Å². The van der Waals surface area contributed by atoms with Crippen LogP contribution in [0.1, 0.15) is 37.3 Å². The lowest BCUT2D eigenvalue weighted by Gasteiger charge is -2.35. The Labute approximate surface area is 101 Å². The van der Waals surface area contributed by atoms with E-state index in [-0.39, 0.29) is 11.5 Å². The Morgan fingerprint density at radius 3 is 3.06 bits per heavy atom. The Kier molecular flexibility index (Phi) is 2.18. The molecule has 3 rings (SSSR count). The molecule has 0 aromatic heterocycles. The standard InChI is InChI=1S/C14H17NO2/c1-9-3-4-12-11(7-9)14(2)6-5-10(15-16)8-13(14)17-12/h3-4,7,13,16H,5-6,8H2,1-2H3/b15-10-/t13-,14-/m1/s1. The number of aryl methyl sites for hydroxylation is 1. The fraction of sp³-hybridized carbons (Fsp3) is 0.500. The fourth-order valence-corrected chi connectivity index (χ4v) is 3.02. The van der Waals surface area contributed by atoms with Crippen LogP contribution in [0.3, 0.4) is 0 Å². The first-order valence-electron chi connectivity index (χ1n) is 6.11. The zero-order valence-electron chi connectivity index (χ0n) is 10.2. The van der Waals surface area contributed by atoms with Gasteiger partial charge in [0.1, 0.15) is 11.9 Å². The lowest BCUT2D eigenvalue weighted by Crippen LogP contribution is -2.41. The topological polar surface area (TPSA) is 41.8 Å². The third kappa shape index (κ3) is 1.45. The largest absolute Gasteiger partial charge is 0.489 e. The summed E-state index contributed by atoms with van der Waals surface area (Å²) in [4.78, 5) is 0. The maximum absolute atomic E-state index is 8.89. The first-order valence-corrected chi connectivity index (χ1v) is 6.11. The van der Waals surface area contributed by atoms with Crippen molar-refractivity contribution in [3.8, 4) is 5.75 Å². The quantitative estimate of drug-likeness (QED) is 0.551. The molecule has 90 valence electrons. The number of hydrogen-bond acceptors (Lipinski definition) is 3. The second-order valence-electron chi connectivity index (χ2n) is 5.39. The third-order valence-electron chi connectivity index (χ3n) is 4.23. The van der Waals surface area contributed by atoms with Gasteiger partial charge in [-0.15, -0.1) is 0 Å².